The van der Waals surface area contributed by atoms with Gasteiger partial charge in [-0.2, -0.15) is 28.8 Å². The molecule has 3 fully saturated rings. The average Bonchev–Trinajstić information content (AvgIpc) is 1.58. The van der Waals surface area contributed by atoms with Gasteiger partial charge in [-0.15, -0.1) is 0 Å². The third-order valence-corrected chi connectivity index (χ3v) is 16.9. The van der Waals surface area contributed by atoms with E-state index in [2.05, 4.69) is 77.1 Å². The Hall–Kier alpha value is -11.8. The van der Waals surface area contributed by atoms with Crippen LogP contribution in [0.1, 0.15) is 111 Å². The van der Waals surface area contributed by atoms with Crippen molar-refractivity contribution in [3.05, 3.63) is 132 Å². The predicted molar refractivity (Wildman–Crippen MR) is 375 cm³/mol. The van der Waals surface area contributed by atoms with Crippen molar-refractivity contribution in [2.45, 2.75) is 128 Å². The molecule has 34 nitrogen and oxygen atoms in total. The van der Waals surface area contributed by atoms with Gasteiger partial charge in [0.05, 0.1) is 72.1 Å². The minimum atomic E-state index is -0.708. The van der Waals surface area contributed by atoms with Gasteiger partial charge in [-0.3, -0.25) is 24.2 Å². The number of hydrogen-bond donors (Lipinski definition) is 10. The second-order valence-electron chi connectivity index (χ2n) is 26.2. The number of fused-ring (bicyclic) bond motifs is 6. The summed E-state index contributed by atoms with van der Waals surface area (Å²) in [5.74, 6) is 1.03. The number of benzene rings is 3. The fraction of sp³-hybridized carbons (Fsp3) is 0.343. The van der Waals surface area contributed by atoms with Gasteiger partial charge in [0.25, 0.3) is 17.7 Å². The third kappa shape index (κ3) is 15.2. The van der Waals surface area contributed by atoms with E-state index in [1.807, 2.05) is 42.5 Å². The number of carbonyl (C=O) groups is 5. The number of anilines is 8. The van der Waals surface area contributed by atoms with Gasteiger partial charge in [-0.05, 0) is 116 Å². The van der Waals surface area contributed by atoms with Crippen LogP contribution in [0.3, 0.4) is 0 Å². The molecule has 11 N–H and O–H groups in total. The van der Waals surface area contributed by atoms with Gasteiger partial charge < -0.3 is 75.7 Å². The largest absolute Gasteiger partial charge is 0.443 e. The highest BCUT2D eigenvalue weighted by Crippen LogP contribution is 2.32. The Morgan fingerprint density at radius 2 is 0.922 bits per heavy atom. The Labute approximate surface area is 584 Å². The highest BCUT2D eigenvalue weighted by Gasteiger charge is 2.35. The first-order valence-corrected chi connectivity index (χ1v) is 32.7. The van der Waals surface area contributed by atoms with Crippen LogP contribution in [0.15, 0.2) is 124 Å². The van der Waals surface area contributed by atoms with E-state index in [9.17, 15) is 39.3 Å². The quantitative estimate of drug-likeness (QED) is 0.0381. The lowest BCUT2D eigenvalue weighted by Crippen LogP contribution is -2.50. The van der Waals surface area contributed by atoms with Crippen molar-refractivity contribution in [1.29, 1.82) is 0 Å². The maximum atomic E-state index is 13.0. The zero-order chi connectivity index (χ0) is 72.5. The molecule has 3 unspecified atom stereocenters. The van der Waals surface area contributed by atoms with Crippen molar-refractivity contribution in [2.24, 2.45) is 0 Å². The number of nitrogens with zero attached hydrogens (tertiary/aromatic N) is 14. The lowest BCUT2D eigenvalue weighted by atomic mass is 9.89. The van der Waals surface area contributed by atoms with Gasteiger partial charge >= 0.3 is 12.2 Å². The number of nitrogens with two attached hydrogens (primary N) is 1. The number of rotatable bonds is 13. The van der Waals surface area contributed by atoms with Crippen LogP contribution in [0.5, 0.6) is 0 Å². The number of aliphatic hydroxyl groups is 3. The molecule has 532 valence electrons. The predicted octanol–water partition coefficient (Wildman–Crippen LogP) is 8.56. The number of hydrogen-bond acceptors (Lipinski definition) is 26. The molecular weight excluding hydrogens is 1340 g/mol. The molecule has 3 aliphatic rings. The van der Waals surface area contributed by atoms with E-state index in [-0.39, 0.29) is 51.6 Å². The van der Waals surface area contributed by atoms with E-state index >= 15 is 0 Å². The number of aliphatic hydroxyl groups excluding tert-OH is 3. The topological polar surface area (TPSA) is 438 Å². The number of nitrogens with one attached hydrogen (secondary N) is 6. The Morgan fingerprint density at radius 1 is 0.539 bits per heavy atom. The first kappa shape index (κ1) is 70.1. The number of para-hydroxylation sites is 3. The van der Waals surface area contributed by atoms with Gasteiger partial charge in [0, 0.05) is 39.3 Å². The molecule has 0 radical (unpaired) electrons. The van der Waals surface area contributed by atoms with Crippen LogP contribution in [0.4, 0.5) is 55.7 Å². The van der Waals surface area contributed by atoms with Crippen LogP contribution in [-0.4, -0.2) is 173 Å². The lowest BCUT2D eigenvalue weighted by Gasteiger charge is -2.32. The summed E-state index contributed by atoms with van der Waals surface area (Å²) in [5, 5.41) is 60.1. The molecule has 0 bridgehead atoms. The van der Waals surface area contributed by atoms with Crippen LogP contribution in [0, 0.1) is 0 Å². The molecule has 102 heavy (non-hydrogen) atoms. The molecule has 3 saturated carbocycles. The fourth-order valence-corrected chi connectivity index (χ4v) is 11.0. The van der Waals surface area contributed by atoms with Crippen molar-refractivity contribution >= 4 is 138 Å². The normalized spacial score (nSPS) is 17.7. The fourth-order valence-electron chi connectivity index (χ4n) is 10.8. The third-order valence-electron chi connectivity index (χ3n) is 16.7. The number of aromatic nitrogens is 12. The summed E-state index contributed by atoms with van der Waals surface area (Å²) in [7, 11) is 4.84. The van der Waals surface area contributed by atoms with E-state index in [0.717, 1.165) is 23.2 Å². The van der Waals surface area contributed by atoms with E-state index in [0.29, 0.717) is 106 Å². The Bertz CT molecular complexity index is 5110. The van der Waals surface area contributed by atoms with Gasteiger partial charge in [0.1, 0.15) is 78.7 Å². The highest BCUT2D eigenvalue weighted by atomic mass is 35.5. The maximum absolute atomic E-state index is 13.0. The first-order valence-electron chi connectivity index (χ1n) is 32.3. The molecule has 35 heteroatoms. The molecule has 5 amide bonds. The average molecular weight is 1420 g/mol. The van der Waals surface area contributed by atoms with Crippen LogP contribution >= 0.6 is 11.6 Å². The second kappa shape index (κ2) is 28.8. The molecule has 0 spiro atoms. The highest BCUT2D eigenvalue weighted by molar-refractivity contribution is 6.30. The van der Waals surface area contributed by atoms with Crippen LogP contribution in [0.2, 0.25) is 5.15 Å². The molecule has 9 aromatic heterocycles. The van der Waals surface area contributed by atoms with Crippen molar-refractivity contribution < 1.29 is 62.0 Å². The first-order chi connectivity index (χ1) is 48.7. The summed E-state index contributed by atoms with van der Waals surface area (Å²) in [5.41, 5.74) is 11.8. The molecule has 0 aliphatic heterocycles. The summed E-state index contributed by atoms with van der Waals surface area (Å²) in [6.45, 7) is 10.6. The standard InChI is InChI=1S/C24H27N7O5.C19H19N7O3.C17H22ClN5O4.C7H6N2O/c1-24(2,3)36-23(34)30(4)19-10-18(27-15-6-5-7-17-20(15)25-12-35-17)29-21-13(11-26-31(19)21)22(33)28-14-8-9-16(14)32;1-20-16-7-15(23-12-3-2-4-14-17(12)21-9-29-14)25-18-10(8-22-26(16)18)19(28)24-11-5-6-13(11)27;1-17(2,3)27-16(26)22(4)13-7-12(18)21-14-9(8-19-23(13)14)15(25)20-10-5-6-11(10)24;8-5-2-1-3-6-7(5)9-4-10-6/h5-7,10-12,14,16,32H,8-9H2,1-4H3,(H,27,29)(H,28,33);2-4,7-9,11,13,20,27H,5-6H2,1H3,(H,23,25)(H,24,28);7-8,10-11,24H,5-6H2,1-4H3,(H,20,25);1-4H,8H2/t14?,16-;11?,13-;10?,11-;/m111./s1. The number of nitrogen functional groups attached to an aromatic ring is 1. The molecule has 12 aromatic rings. The number of oxazole rings is 3. The maximum Gasteiger partial charge on any atom is 0.415 e. The van der Waals surface area contributed by atoms with Gasteiger partial charge in [-0.25, -0.2) is 39.5 Å². The van der Waals surface area contributed by atoms with E-state index in [1.54, 1.807) is 84.4 Å². The number of carbonyl (C=O) groups excluding carboxylic acids is 5. The van der Waals surface area contributed by atoms with Crippen LogP contribution in [-0.2, 0) is 9.47 Å². The van der Waals surface area contributed by atoms with Gasteiger partial charge in [-0.1, -0.05) is 29.8 Å². The molecule has 6 atom stereocenters. The Kier molecular flexibility index (Phi) is 19.8. The molecule has 3 aliphatic carbocycles. The zero-order valence-corrected chi connectivity index (χ0v) is 57.5. The Morgan fingerprint density at radius 3 is 1.32 bits per heavy atom. The van der Waals surface area contributed by atoms with Crippen molar-refractivity contribution in [2.75, 3.05) is 52.6 Å². The van der Waals surface area contributed by atoms with E-state index < -0.39 is 53.5 Å². The number of ether oxygens (including phenoxy) is 2. The summed E-state index contributed by atoms with van der Waals surface area (Å²) < 4.78 is 30.9. The summed E-state index contributed by atoms with van der Waals surface area (Å²) in [6.07, 6.45) is 9.72. The second-order valence-corrected chi connectivity index (χ2v) is 26.5. The van der Waals surface area contributed by atoms with Crippen LogP contribution < -0.4 is 47.4 Å². The molecule has 3 aromatic carbocycles. The molecule has 15 rings (SSSR count). The summed E-state index contributed by atoms with van der Waals surface area (Å²) in [4.78, 5) is 91.8. The summed E-state index contributed by atoms with van der Waals surface area (Å²) >= 11 is 6.10. The monoisotopic (exact) mass is 1420 g/mol. The van der Waals surface area contributed by atoms with Crippen LogP contribution in [0.25, 0.3) is 50.2 Å². The van der Waals surface area contributed by atoms with Crippen molar-refractivity contribution in [3.63, 3.8) is 0 Å². The van der Waals surface area contributed by atoms with Crippen molar-refractivity contribution in [3.8, 4) is 0 Å². The molecular formula is C67H74ClN21O13. The Balaban J connectivity index is 0.000000136. The summed E-state index contributed by atoms with van der Waals surface area (Å²) in [6, 6.07) is 20.5. The minimum Gasteiger partial charge on any atom is -0.443 e. The number of amides is 5. The number of halogens is 1. The SMILES string of the molecule is CN(C(=O)OC(C)(C)C)c1cc(Cl)nc2c(C(=O)NC3CC[C@H]3O)cnn12.CN(C(=O)OC(C)(C)C)c1cc(Nc2cccc3ocnc23)nc2c(C(=O)NC3CC[C@H]3O)cnn12.CNc1cc(Nc2cccc3ocnc23)nc2c(C(=O)NC3CC[C@H]3O)cnn12.Nc1cccc2ocnc12. The smallest absolute Gasteiger partial charge is 0.415 e. The molecule has 9 heterocycles. The lowest BCUT2D eigenvalue weighted by molar-refractivity contribution is 0.0448. The zero-order valence-electron chi connectivity index (χ0n) is 56.7. The molecule has 0 saturated heterocycles. The van der Waals surface area contributed by atoms with Gasteiger partial charge in [0.15, 0.2) is 52.9 Å². The van der Waals surface area contributed by atoms with Gasteiger partial charge in [0.2, 0.25) is 0 Å². The van der Waals surface area contributed by atoms with E-state index in [4.69, 9.17) is 40.1 Å². The van der Waals surface area contributed by atoms with E-state index in [1.165, 1.54) is 69.7 Å². The minimum absolute atomic E-state index is 0.103. The van der Waals surface area contributed by atoms with Crippen molar-refractivity contribution in [1.82, 2.24) is 74.7 Å².